The van der Waals surface area contributed by atoms with Crippen molar-refractivity contribution in [2.45, 2.75) is 6.92 Å². The van der Waals surface area contributed by atoms with Gasteiger partial charge in [0.05, 0.1) is 16.2 Å². The molecule has 6 heteroatoms. The first-order valence-corrected chi connectivity index (χ1v) is 8.42. The number of carbonyl (C=O) groups excluding carboxylic acids is 1. The summed E-state index contributed by atoms with van der Waals surface area (Å²) in [7, 11) is 1.68. The largest absolute Gasteiger partial charge is 0.478 e. The predicted molar refractivity (Wildman–Crippen MR) is 100 cm³/mol. The quantitative estimate of drug-likeness (QED) is 0.850. The molecule has 126 valence electrons. The molecular weight excluding hydrogens is 336 g/mol. The van der Waals surface area contributed by atoms with Crippen molar-refractivity contribution in [3.8, 4) is 0 Å². The molecule has 2 aromatic rings. The van der Waals surface area contributed by atoms with Crippen molar-refractivity contribution in [3.63, 3.8) is 0 Å². The number of likely N-dealkylation sites (N-methyl/N-ethyl adjacent to an activating group) is 1. The number of hydrogen-bond acceptors (Lipinski definition) is 4. The molecule has 1 saturated heterocycles. The summed E-state index contributed by atoms with van der Waals surface area (Å²) >= 11 is 1.30. The molecule has 1 heterocycles. The summed E-state index contributed by atoms with van der Waals surface area (Å²) in [5.74, 6) is -1.09. The number of benzene rings is 2. The van der Waals surface area contributed by atoms with E-state index in [1.165, 1.54) is 28.8 Å². The monoisotopic (exact) mass is 352 g/mol. The Morgan fingerprint density at radius 3 is 2.36 bits per heavy atom. The SMILES string of the molecule is Cc1ccc(/C=C2/SC(=Nc3ccc(C(=O)O)cc3)N(C)C2=O)cc1. The van der Waals surface area contributed by atoms with Gasteiger partial charge in [0, 0.05) is 7.05 Å². The number of aryl methyl sites for hydroxylation is 1. The molecule has 3 rings (SSSR count). The van der Waals surface area contributed by atoms with E-state index in [4.69, 9.17) is 5.11 Å². The zero-order valence-electron chi connectivity index (χ0n) is 13.8. The van der Waals surface area contributed by atoms with E-state index in [1.807, 2.05) is 37.3 Å². The lowest BCUT2D eigenvalue weighted by Gasteiger charge is -2.07. The Kier molecular flexibility index (Phi) is 4.72. The fraction of sp³-hybridized carbons (Fsp3) is 0.105. The Balaban J connectivity index is 1.85. The second kappa shape index (κ2) is 6.94. The van der Waals surface area contributed by atoms with Gasteiger partial charge < -0.3 is 5.11 Å². The second-order valence-corrected chi connectivity index (χ2v) is 6.64. The number of aromatic carboxylic acids is 1. The maximum Gasteiger partial charge on any atom is 0.335 e. The maximum absolute atomic E-state index is 12.4. The van der Waals surface area contributed by atoms with Crippen LogP contribution >= 0.6 is 11.8 Å². The van der Waals surface area contributed by atoms with Crippen LogP contribution in [0.2, 0.25) is 0 Å². The van der Waals surface area contributed by atoms with Crippen LogP contribution in [0, 0.1) is 6.92 Å². The number of thioether (sulfide) groups is 1. The van der Waals surface area contributed by atoms with E-state index in [0.29, 0.717) is 15.8 Å². The molecule has 0 atom stereocenters. The molecular formula is C19H16N2O3S. The van der Waals surface area contributed by atoms with Gasteiger partial charge in [-0.1, -0.05) is 29.8 Å². The lowest BCUT2D eigenvalue weighted by Crippen LogP contribution is -2.23. The molecule has 1 fully saturated rings. The molecule has 0 bridgehead atoms. The van der Waals surface area contributed by atoms with Crippen molar-refractivity contribution in [2.75, 3.05) is 7.05 Å². The van der Waals surface area contributed by atoms with Crippen LogP contribution in [-0.2, 0) is 4.79 Å². The van der Waals surface area contributed by atoms with E-state index in [1.54, 1.807) is 19.2 Å². The van der Waals surface area contributed by atoms with Crippen molar-refractivity contribution in [1.29, 1.82) is 0 Å². The fourth-order valence-electron chi connectivity index (χ4n) is 2.25. The molecule has 5 nitrogen and oxygen atoms in total. The van der Waals surface area contributed by atoms with Crippen LogP contribution in [0.4, 0.5) is 5.69 Å². The van der Waals surface area contributed by atoms with Crippen LogP contribution in [0.1, 0.15) is 21.5 Å². The lowest BCUT2D eigenvalue weighted by molar-refractivity contribution is -0.121. The number of carboxylic acid groups (broad SMARTS) is 1. The number of rotatable bonds is 3. The third-order valence-electron chi connectivity index (χ3n) is 3.72. The van der Waals surface area contributed by atoms with Gasteiger partial charge in [-0.25, -0.2) is 9.79 Å². The van der Waals surface area contributed by atoms with Crippen LogP contribution in [0.15, 0.2) is 58.4 Å². The van der Waals surface area contributed by atoms with Gasteiger partial charge in [0.15, 0.2) is 5.17 Å². The van der Waals surface area contributed by atoms with Crippen LogP contribution in [0.3, 0.4) is 0 Å². The molecule has 0 aromatic heterocycles. The minimum absolute atomic E-state index is 0.105. The predicted octanol–water partition coefficient (Wildman–Crippen LogP) is 3.93. The Morgan fingerprint density at radius 2 is 1.76 bits per heavy atom. The van der Waals surface area contributed by atoms with Crippen LogP contribution in [0.25, 0.3) is 6.08 Å². The van der Waals surface area contributed by atoms with Gasteiger partial charge in [-0.3, -0.25) is 9.69 Å². The average molecular weight is 352 g/mol. The number of nitrogens with zero attached hydrogens (tertiary/aromatic N) is 2. The number of aliphatic imine (C=N–C) groups is 1. The minimum Gasteiger partial charge on any atom is -0.478 e. The molecule has 0 saturated carbocycles. The molecule has 1 amide bonds. The molecule has 0 unspecified atom stereocenters. The molecule has 1 aliphatic heterocycles. The Bertz CT molecular complexity index is 884. The van der Waals surface area contributed by atoms with E-state index >= 15 is 0 Å². The number of hydrogen-bond donors (Lipinski definition) is 1. The number of amidine groups is 1. The normalized spacial score (nSPS) is 17.5. The third kappa shape index (κ3) is 3.80. The first kappa shape index (κ1) is 17.0. The number of carbonyl (C=O) groups is 2. The summed E-state index contributed by atoms with van der Waals surface area (Å²) in [5.41, 5.74) is 2.93. The summed E-state index contributed by atoms with van der Waals surface area (Å²) in [6, 6.07) is 14.2. The minimum atomic E-state index is -0.981. The summed E-state index contributed by atoms with van der Waals surface area (Å²) in [6.45, 7) is 2.01. The van der Waals surface area contributed by atoms with Crippen molar-refractivity contribution in [2.24, 2.45) is 4.99 Å². The summed E-state index contributed by atoms with van der Waals surface area (Å²) in [4.78, 5) is 29.8. The van der Waals surface area contributed by atoms with Crippen molar-refractivity contribution in [1.82, 2.24) is 4.90 Å². The molecule has 25 heavy (non-hydrogen) atoms. The van der Waals surface area contributed by atoms with Gasteiger partial charge in [0.1, 0.15) is 0 Å². The average Bonchev–Trinajstić information content (AvgIpc) is 2.85. The number of carboxylic acids is 1. The van der Waals surface area contributed by atoms with E-state index in [-0.39, 0.29) is 11.5 Å². The molecule has 1 aliphatic rings. The first-order chi connectivity index (χ1) is 11.9. The summed E-state index contributed by atoms with van der Waals surface area (Å²) in [5, 5.41) is 9.49. The molecule has 0 radical (unpaired) electrons. The Hall–Kier alpha value is -2.86. The smallest absolute Gasteiger partial charge is 0.335 e. The lowest BCUT2D eigenvalue weighted by atomic mass is 10.1. The highest BCUT2D eigenvalue weighted by Gasteiger charge is 2.30. The highest BCUT2D eigenvalue weighted by molar-refractivity contribution is 8.18. The Morgan fingerprint density at radius 1 is 1.12 bits per heavy atom. The van der Waals surface area contributed by atoms with Crippen LogP contribution < -0.4 is 0 Å². The Labute approximate surface area is 149 Å². The van der Waals surface area contributed by atoms with Gasteiger partial charge in [-0.15, -0.1) is 0 Å². The third-order valence-corrected chi connectivity index (χ3v) is 4.78. The molecule has 0 spiro atoms. The second-order valence-electron chi connectivity index (χ2n) is 5.63. The molecule has 1 N–H and O–H groups in total. The van der Waals surface area contributed by atoms with Gasteiger partial charge in [-0.05, 0) is 54.6 Å². The number of amides is 1. The van der Waals surface area contributed by atoms with Crippen molar-refractivity contribution < 1.29 is 14.7 Å². The summed E-state index contributed by atoms with van der Waals surface area (Å²) < 4.78 is 0. The topological polar surface area (TPSA) is 70.0 Å². The maximum atomic E-state index is 12.4. The van der Waals surface area contributed by atoms with E-state index in [2.05, 4.69) is 4.99 Å². The first-order valence-electron chi connectivity index (χ1n) is 7.60. The van der Waals surface area contributed by atoms with Gasteiger partial charge in [-0.2, -0.15) is 0 Å². The zero-order valence-corrected chi connectivity index (χ0v) is 14.6. The molecule has 0 aliphatic carbocycles. The fourth-order valence-corrected chi connectivity index (χ4v) is 3.24. The van der Waals surface area contributed by atoms with Gasteiger partial charge in [0.2, 0.25) is 0 Å². The van der Waals surface area contributed by atoms with E-state index in [9.17, 15) is 9.59 Å². The van der Waals surface area contributed by atoms with Crippen LogP contribution in [-0.4, -0.2) is 34.1 Å². The zero-order chi connectivity index (χ0) is 18.0. The van der Waals surface area contributed by atoms with E-state index < -0.39 is 5.97 Å². The van der Waals surface area contributed by atoms with Crippen molar-refractivity contribution >= 4 is 40.6 Å². The van der Waals surface area contributed by atoms with E-state index in [0.717, 1.165) is 11.1 Å². The highest BCUT2D eigenvalue weighted by atomic mass is 32.2. The summed E-state index contributed by atoms with van der Waals surface area (Å²) in [6.07, 6.45) is 1.85. The molecule has 2 aromatic carbocycles. The van der Waals surface area contributed by atoms with Crippen molar-refractivity contribution in [3.05, 3.63) is 70.1 Å². The highest BCUT2D eigenvalue weighted by Crippen LogP contribution is 2.33. The van der Waals surface area contributed by atoms with Crippen LogP contribution in [0.5, 0.6) is 0 Å². The van der Waals surface area contributed by atoms with Gasteiger partial charge in [0.25, 0.3) is 5.91 Å². The van der Waals surface area contributed by atoms with Gasteiger partial charge >= 0.3 is 5.97 Å². The standard InChI is InChI=1S/C19H16N2O3S/c1-12-3-5-13(6-4-12)11-16-17(22)21(2)19(25-16)20-15-9-7-14(8-10-15)18(23)24/h3-11H,1-2H3,(H,23,24)/b16-11+,20-19?.